The minimum atomic E-state index is -0.189. The third-order valence-electron chi connectivity index (χ3n) is 3.13. The van der Waals surface area contributed by atoms with Gasteiger partial charge in [0.05, 0.1) is 6.10 Å². The molecule has 2 atom stereocenters. The average molecular weight is 238 g/mol. The van der Waals surface area contributed by atoms with Crippen molar-refractivity contribution in [3.05, 3.63) is 18.2 Å². The van der Waals surface area contributed by atoms with Gasteiger partial charge >= 0.3 is 0 Å². The van der Waals surface area contributed by atoms with Crippen molar-refractivity contribution in [3.8, 4) is 0 Å². The number of rotatable bonds is 3. The first-order valence-corrected chi connectivity index (χ1v) is 5.77. The molecule has 0 radical (unpaired) electrons. The fourth-order valence-corrected chi connectivity index (χ4v) is 2.25. The molecule has 0 spiro atoms. The summed E-state index contributed by atoms with van der Waals surface area (Å²) < 4.78 is 7.39. The lowest BCUT2D eigenvalue weighted by atomic mass is 10.1. The second-order valence-electron chi connectivity index (χ2n) is 4.11. The number of aromatic nitrogens is 2. The molecular formula is C11H18N4O2. The predicted molar refractivity (Wildman–Crippen MR) is 62.1 cm³/mol. The number of carbonyl (C=O) groups is 1. The van der Waals surface area contributed by atoms with Crippen LogP contribution in [0.5, 0.6) is 0 Å². The van der Waals surface area contributed by atoms with Crippen LogP contribution in [0.1, 0.15) is 18.8 Å². The van der Waals surface area contributed by atoms with Crippen LogP contribution in [0, 0.1) is 0 Å². The number of carbonyl (C=O) groups excluding carboxylic acids is 1. The first-order chi connectivity index (χ1) is 8.19. The van der Waals surface area contributed by atoms with Crippen molar-refractivity contribution in [1.82, 2.24) is 14.5 Å². The molecule has 1 aromatic heterocycles. The van der Waals surface area contributed by atoms with E-state index in [1.165, 1.54) is 0 Å². The summed E-state index contributed by atoms with van der Waals surface area (Å²) in [5, 5.41) is 0. The highest BCUT2D eigenvalue weighted by atomic mass is 16.5. The van der Waals surface area contributed by atoms with Crippen molar-refractivity contribution < 1.29 is 9.53 Å². The van der Waals surface area contributed by atoms with Crippen LogP contribution < -0.4 is 5.73 Å². The quantitative estimate of drug-likeness (QED) is 0.782. The maximum Gasteiger partial charge on any atom is 0.249 e. The molecule has 1 saturated heterocycles. The fourth-order valence-electron chi connectivity index (χ4n) is 2.25. The molecule has 17 heavy (non-hydrogen) atoms. The summed E-state index contributed by atoms with van der Waals surface area (Å²) in [5.41, 5.74) is 5.71. The average Bonchev–Trinajstić information content (AvgIpc) is 2.74. The van der Waals surface area contributed by atoms with Gasteiger partial charge in [-0.05, 0) is 6.92 Å². The number of imidazole rings is 1. The molecule has 0 aromatic carbocycles. The first-order valence-electron chi connectivity index (χ1n) is 5.77. The molecule has 0 aliphatic carbocycles. The van der Waals surface area contributed by atoms with E-state index in [0.29, 0.717) is 13.1 Å². The highest BCUT2D eigenvalue weighted by Crippen LogP contribution is 2.28. The van der Waals surface area contributed by atoms with Gasteiger partial charge in [-0.15, -0.1) is 0 Å². The third-order valence-corrected chi connectivity index (χ3v) is 3.13. The van der Waals surface area contributed by atoms with Gasteiger partial charge in [0, 0.05) is 32.5 Å². The number of nitrogens with two attached hydrogens (primary N) is 1. The molecule has 6 heteroatoms. The number of hydrogen-bond donors (Lipinski definition) is 1. The Morgan fingerprint density at radius 2 is 2.41 bits per heavy atom. The van der Waals surface area contributed by atoms with E-state index in [4.69, 9.17) is 10.5 Å². The summed E-state index contributed by atoms with van der Waals surface area (Å²) in [7, 11) is 1.91. The molecule has 6 nitrogen and oxygen atoms in total. The van der Waals surface area contributed by atoms with Crippen LogP contribution in [-0.4, -0.2) is 46.2 Å². The fraction of sp³-hybridized carbons (Fsp3) is 0.636. The van der Waals surface area contributed by atoms with Crippen LogP contribution in [0.4, 0.5) is 0 Å². The smallest absolute Gasteiger partial charge is 0.249 e. The monoisotopic (exact) mass is 238 g/mol. The van der Waals surface area contributed by atoms with E-state index in [1.54, 1.807) is 11.1 Å². The number of likely N-dealkylation sites (N-methyl/N-ethyl adjacent to an activating group) is 1. The molecule has 0 saturated carbocycles. The summed E-state index contributed by atoms with van der Waals surface area (Å²) >= 11 is 0. The summed E-state index contributed by atoms with van der Waals surface area (Å²) in [6.07, 6.45) is 3.39. The molecule has 1 aromatic rings. The molecule has 1 aliphatic heterocycles. The number of aryl methyl sites for hydroxylation is 1. The van der Waals surface area contributed by atoms with Gasteiger partial charge in [-0.25, -0.2) is 4.98 Å². The standard InChI is InChI=1S/C11H18N4O2/c1-3-15-9(16)7-17-8(6-12)10(15)11-13-4-5-14(11)2/h4-5,8,10H,3,6-7,12H2,1-2H3. The lowest BCUT2D eigenvalue weighted by molar-refractivity contribution is -0.157. The molecule has 2 rings (SSSR count). The molecule has 2 unspecified atom stereocenters. The topological polar surface area (TPSA) is 73.4 Å². The van der Waals surface area contributed by atoms with Crippen LogP contribution in [0.2, 0.25) is 0 Å². The maximum absolute atomic E-state index is 11.8. The predicted octanol–water partition coefficient (Wildman–Crippen LogP) is -0.333. The lowest BCUT2D eigenvalue weighted by Crippen LogP contribution is -2.52. The van der Waals surface area contributed by atoms with Gasteiger partial charge in [0.1, 0.15) is 18.5 Å². The Labute approximate surface area is 100 Å². The van der Waals surface area contributed by atoms with E-state index in [-0.39, 0.29) is 24.7 Å². The molecule has 94 valence electrons. The Morgan fingerprint density at radius 1 is 1.65 bits per heavy atom. The van der Waals surface area contributed by atoms with Gasteiger partial charge in [0.15, 0.2) is 0 Å². The summed E-state index contributed by atoms with van der Waals surface area (Å²) in [6.45, 7) is 3.07. The molecule has 0 bridgehead atoms. The van der Waals surface area contributed by atoms with Crippen molar-refractivity contribution in [1.29, 1.82) is 0 Å². The molecule has 2 N–H and O–H groups in total. The lowest BCUT2D eigenvalue weighted by Gasteiger charge is -2.39. The zero-order chi connectivity index (χ0) is 12.4. The number of hydrogen-bond acceptors (Lipinski definition) is 4. The summed E-state index contributed by atoms with van der Waals surface area (Å²) in [5.74, 6) is 0.806. The highest BCUT2D eigenvalue weighted by Gasteiger charge is 2.38. The molecule has 1 aliphatic rings. The number of nitrogens with zero attached hydrogens (tertiary/aromatic N) is 3. The van der Waals surface area contributed by atoms with Crippen LogP contribution in [0.15, 0.2) is 12.4 Å². The number of ether oxygens (including phenoxy) is 1. The van der Waals surface area contributed by atoms with Crippen LogP contribution >= 0.6 is 0 Å². The largest absolute Gasteiger partial charge is 0.364 e. The Bertz CT molecular complexity index is 404. The zero-order valence-corrected chi connectivity index (χ0v) is 10.2. The van der Waals surface area contributed by atoms with E-state index >= 15 is 0 Å². The number of morpholine rings is 1. The Balaban J connectivity index is 2.36. The molecule has 2 heterocycles. The Hall–Kier alpha value is -1.40. The van der Waals surface area contributed by atoms with Gasteiger partial charge in [-0.2, -0.15) is 0 Å². The molecule has 1 fully saturated rings. The van der Waals surface area contributed by atoms with Gasteiger partial charge in [-0.3, -0.25) is 4.79 Å². The third kappa shape index (κ3) is 2.05. The van der Waals surface area contributed by atoms with Crippen molar-refractivity contribution in [2.75, 3.05) is 19.7 Å². The summed E-state index contributed by atoms with van der Waals surface area (Å²) in [6, 6.07) is -0.189. The number of amides is 1. The minimum Gasteiger partial charge on any atom is -0.364 e. The van der Waals surface area contributed by atoms with Crippen molar-refractivity contribution >= 4 is 5.91 Å². The van der Waals surface area contributed by atoms with Gasteiger partial charge < -0.3 is 19.9 Å². The van der Waals surface area contributed by atoms with E-state index in [9.17, 15) is 4.79 Å². The maximum atomic E-state index is 11.8. The molecule has 1 amide bonds. The van der Waals surface area contributed by atoms with Crippen LogP contribution in [-0.2, 0) is 16.6 Å². The second-order valence-corrected chi connectivity index (χ2v) is 4.11. The van der Waals surface area contributed by atoms with E-state index in [1.807, 2.05) is 24.7 Å². The zero-order valence-electron chi connectivity index (χ0n) is 10.2. The van der Waals surface area contributed by atoms with Crippen LogP contribution in [0.3, 0.4) is 0 Å². The molecular weight excluding hydrogens is 220 g/mol. The second kappa shape index (κ2) is 4.85. The first kappa shape index (κ1) is 12.1. The highest BCUT2D eigenvalue weighted by molar-refractivity contribution is 5.78. The van der Waals surface area contributed by atoms with Crippen molar-refractivity contribution in [2.45, 2.75) is 19.1 Å². The van der Waals surface area contributed by atoms with Gasteiger partial charge in [0.2, 0.25) is 5.91 Å². The van der Waals surface area contributed by atoms with Gasteiger partial charge in [-0.1, -0.05) is 0 Å². The van der Waals surface area contributed by atoms with Crippen molar-refractivity contribution in [2.24, 2.45) is 12.8 Å². The van der Waals surface area contributed by atoms with E-state index in [0.717, 1.165) is 5.82 Å². The SMILES string of the molecule is CCN1C(=O)COC(CN)C1c1nccn1C. The van der Waals surface area contributed by atoms with Gasteiger partial charge in [0.25, 0.3) is 0 Å². The minimum absolute atomic E-state index is 0.00907. The normalized spacial score (nSPS) is 25.4. The van der Waals surface area contributed by atoms with E-state index < -0.39 is 0 Å². The summed E-state index contributed by atoms with van der Waals surface area (Å²) in [4.78, 5) is 17.9. The van der Waals surface area contributed by atoms with Crippen molar-refractivity contribution in [3.63, 3.8) is 0 Å². The Kier molecular flexibility index (Phi) is 3.44. The van der Waals surface area contributed by atoms with Crippen LogP contribution in [0.25, 0.3) is 0 Å². The Morgan fingerprint density at radius 3 is 2.94 bits per heavy atom. The van der Waals surface area contributed by atoms with E-state index in [2.05, 4.69) is 4.98 Å².